The Bertz CT molecular complexity index is 515. The molecular formula is C15H16OS. The lowest BCUT2D eigenvalue weighted by Gasteiger charge is -2.09. The van der Waals surface area contributed by atoms with Gasteiger partial charge < -0.3 is 0 Å². The first-order chi connectivity index (χ1) is 8.08. The normalized spacial score (nSPS) is 10.5. The molecule has 0 N–H and O–H groups in total. The second kappa shape index (κ2) is 4.84. The largest absolute Gasteiger partial charge is 0.294 e. The highest BCUT2D eigenvalue weighted by molar-refractivity contribution is 7.10. The Kier molecular flexibility index (Phi) is 3.43. The fourth-order valence-electron chi connectivity index (χ4n) is 2.28. The summed E-state index contributed by atoms with van der Waals surface area (Å²) in [6, 6.07) is 8.16. The standard InChI is InChI=1S/C15H16OS/c1-10-7-11(2)15(12(3)8-10)14(16)9-13-5-4-6-17-13/h4-8H,9H2,1-3H3. The number of rotatable bonds is 3. The third kappa shape index (κ3) is 2.64. The second-order valence-electron chi connectivity index (χ2n) is 4.45. The van der Waals surface area contributed by atoms with Gasteiger partial charge in [-0.15, -0.1) is 11.3 Å². The number of ketones is 1. The molecule has 1 heterocycles. The number of Topliss-reactive ketones (excluding diaryl/α,β-unsaturated/α-hetero) is 1. The first-order valence-electron chi connectivity index (χ1n) is 5.71. The van der Waals surface area contributed by atoms with Crippen molar-refractivity contribution in [2.45, 2.75) is 27.2 Å². The van der Waals surface area contributed by atoms with Crippen molar-refractivity contribution in [3.05, 3.63) is 56.8 Å². The zero-order chi connectivity index (χ0) is 12.4. The van der Waals surface area contributed by atoms with Gasteiger partial charge in [0.25, 0.3) is 0 Å². The van der Waals surface area contributed by atoms with Gasteiger partial charge in [-0.25, -0.2) is 0 Å². The number of aryl methyl sites for hydroxylation is 3. The average molecular weight is 244 g/mol. The molecule has 0 amide bonds. The van der Waals surface area contributed by atoms with Crippen molar-refractivity contribution >= 4 is 17.1 Å². The van der Waals surface area contributed by atoms with E-state index < -0.39 is 0 Å². The minimum Gasteiger partial charge on any atom is -0.294 e. The van der Waals surface area contributed by atoms with Crippen LogP contribution in [0.5, 0.6) is 0 Å². The molecule has 1 nitrogen and oxygen atoms in total. The summed E-state index contributed by atoms with van der Waals surface area (Å²) in [5.41, 5.74) is 4.28. The molecule has 0 unspecified atom stereocenters. The van der Waals surface area contributed by atoms with Crippen LogP contribution in [0.25, 0.3) is 0 Å². The van der Waals surface area contributed by atoms with Gasteiger partial charge in [0.15, 0.2) is 5.78 Å². The average Bonchev–Trinajstić information content (AvgIpc) is 2.68. The number of hydrogen-bond acceptors (Lipinski definition) is 2. The molecule has 0 saturated carbocycles. The van der Waals surface area contributed by atoms with Gasteiger partial charge in [-0.3, -0.25) is 4.79 Å². The fraction of sp³-hybridized carbons (Fsp3) is 0.267. The second-order valence-corrected chi connectivity index (χ2v) is 5.49. The molecule has 2 rings (SSSR count). The van der Waals surface area contributed by atoms with Crippen LogP contribution >= 0.6 is 11.3 Å². The summed E-state index contributed by atoms with van der Waals surface area (Å²) < 4.78 is 0. The van der Waals surface area contributed by atoms with Crippen LogP contribution in [0.15, 0.2) is 29.6 Å². The van der Waals surface area contributed by atoms with E-state index in [2.05, 4.69) is 19.1 Å². The van der Waals surface area contributed by atoms with E-state index in [1.54, 1.807) is 11.3 Å². The number of benzene rings is 1. The molecule has 88 valence electrons. The maximum absolute atomic E-state index is 12.3. The first kappa shape index (κ1) is 12.1. The predicted octanol–water partition coefficient (Wildman–Crippen LogP) is 4.10. The lowest BCUT2D eigenvalue weighted by molar-refractivity contribution is 0.0992. The van der Waals surface area contributed by atoms with Crippen LogP contribution in [0.2, 0.25) is 0 Å². The molecule has 17 heavy (non-hydrogen) atoms. The maximum Gasteiger partial charge on any atom is 0.168 e. The molecule has 0 bridgehead atoms. The summed E-state index contributed by atoms with van der Waals surface area (Å²) in [4.78, 5) is 13.4. The molecule has 0 spiro atoms. The van der Waals surface area contributed by atoms with Gasteiger partial charge in [-0.2, -0.15) is 0 Å². The summed E-state index contributed by atoms with van der Waals surface area (Å²) in [5.74, 6) is 0.224. The molecule has 1 aromatic heterocycles. The molecular weight excluding hydrogens is 228 g/mol. The third-order valence-corrected chi connectivity index (χ3v) is 3.75. The Balaban J connectivity index is 2.31. The summed E-state index contributed by atoms with van der Waals surface area (Å²) >= 11 is 1.64. The maximum atomic E-state index is 12.3. The van der Waals surface area contributed by atoms with Crippen LogP contribution < -0.4 is 0 Å². The molecule has 0 fully saturated rings. The van der Waals surface area contributed by atoms with Gasteiger partial charge in [0.1, 0.15) is 0 Å². The van der Waals surface area contributed by atoms with Gasteiger partial charge in [-0.05, 0) is 43.3 Å². The Morgan fingerprint density at radius 1 is 1.18 bits per heavy atom. The van der Waals surface area contributed by atoms with Gasteiger partial charge >= 0.3 is 0 Å². The van der Waals surface area contributed by atoms with Crippen LogP contribution in [-0.4, -0.2) is 5.78 Å². The van der Waals surface area contributed by atoms with E-state index in [0.29, 0.717) is 6.42 Å². The Hall–Kier alpha value is -1.41. The smallest absolute Gasteiger partial charge is 0.168 e. The predicted molar refractivity (Wildman–Crippen MR) is 73.0 cm³/mol. The summed E-state index contributed by atoms with van der Waals surface area (Å²) in [5, 5.41) is 2.01. The molecule has 0 aliphatic heterocycles. The van der Waals surface area contributed by atoms with Crippen molar-refractivity contribution in [1.82, 2.24) is 0 Å². The van der Waals surface area contributed by atoms with Crippen LogP contribution in [0, 0.1) is 20.8 Å². The van der Waals surface area contributed by atoms with Crippen molar-refractivity contribution in [3.8, 4) is 0 Å². The van der Waals surface area contributed by atoms with E-state index >= 15 is 0 Å². The number of carbonyl (C=O) groups excluding carboxylic acids is 1. The highest BCUT2D eigenvalue weighted by Gasteiger charge is 2.13. The van der Waals surface area contributed by atoms with E-state index in [4.69, 9.17) is 0 Å². The van der Waals surface area contributed by atoms with E-state index in [1.807, 2.05) is 31.4 Å². The van der Waals surface area contributed by atoms with Crippen LogP contribution in [0.3, 0.4) is 0 Å². The molecule has 0 radical (unpaired) electrons. The highest BCUT2D eigenvalue weighted by Crippen LogP contribution is 2.20. The van der Waals surface area contributed by atoms with E-state index in [0.717, 1.165) is 21.6 Å². The van der Waals surface area contributed by atoms with Crippen molar-refractivity contribution in [2.75, 3.05) is 0 Å². The Morgan fingerprint density at radius 3 is 2.35 bits per heavy atom. The molecule has 0 aliphatic carbocycles. The van der Waals surface area contributed by atoms with Crippen molar-refractivity contribution < 1.29 is 4.79 Å². The number of hydrogen-bond donors (Lipinski definition) is 0. The van der Waals surface area contributed by atoms with Crippen molar-refractivity contribution in [3.63, 3.8) is 0 Å². The zero-order valence-corrected chi connectivity index (χ0v) is 11.2. The van der Waals surface area contributed by atoms with Gasteiger partial charge in [-0.1, -0.05) is 23.8 Å². The van der Waals surface area contributed by atoms with Gasteiger partial charge in [0, 0.05) is 16.9 Å². The number of thiophene rings is 1. The van der Waals surface area contributed by atoms with E-state index in [-0.39, 0.29) is 5.78 Å². The summed E-state index contributed by atoms with van der Waals surface area (Å²) in [6.45, 7) is 6.09. The van der Waals surface area contributed by atoms with Crippen LogP contribution in [0.1, 0.15) is 31.9 Å². The molecule has 2 aromatic rings. The zero-order valence-electron chi connectivity index (χ0n) is 10.4. The fourth-order valence-corrected chi connectivity index (χ4v) is 2.98. The Labute approximate surface area is 106 Å². The van der Waals surface area contributed by atoms with Crippen molar-refractivity contribution in [2.24, 2.45) is 0 Å². The highest BCUT2D eigenvalue weighted by atomic mass is 32.1. The lowest BCUT2D eigenvalue weighted by Crippen LogP contribution is -2.07. The van der Waals surface area contributed by atoms with Crippen molar-refractivity contribution in [1.29, 1.82) is 0 Å². The summed E-state index contributed by atoms with van der Waals surface area (Å²) in [6.07, 6.45) is 0.516. The lowest BCUT2D eigenvalue weighted by atomic mass is 9.95. The third-order valence-electron chi connectivity index (χ3n) is 2.87. The van der Waals surface area contributed by atoms with Gasteiger partial charge in [0.2, 0.25) is 0 Å². The Morgan fingerprint density at radius 2 is 1.82 bits per heavy atom. The quantitative estimate of drug-likeness (QED) is 0.743. The minimum absolute atomic E-state index is 0.224. The SMILES string of the molecule is Cc1cc(C)c(C(=O)Cc2cccs2)c(C)c1. The van der Waals surface area contributed by atoms with E-state index in [9.17, 15) is 4.79 Å². The minimum atomic E-state index is 0.224. The monoisotopic (exact) mass is 244 g/mol. The van der Waals surface area contributed by atoms with E-state index in [1.165, 1.54) is 5.56 Å². The molecule has 0 atom stereocenters. The number of carbonyl (C=O) groups is 1. The molecule has 2 heteroatoms. The first-order valence-corrected chi connectivity index (χ1v) is 6.59. The topological polar surface area (TPSA) is 17.1 Å². The van der Waals surface area contributed by atoms with Crippen LogP contribution in [-0.2, 0) is 6.42 Å². The molecule has 1 aromatic carbocycles. The molecule has 0 aliphatic rings. The molecule has 0 saturated heterocycles. The van der Waals surface area contributed by atoms with Crippen LogP contribution in [0.4, 0.5) is 0 Å². The summed E-state index contributed by atoms with van der Waals surface area (Å²) in [7, 11) is 0. The van der Waals surface area contributed by atoms with Gasteiger partial charge in [0.05, 0.1) is 0 Å².